The second kappa shape index (κ2) is 10.2. The van der Waals surface area contributed by atoms with Crippen molar-refractivity contribution in [3.63, 3.8) is 0 Å². The van der Waals surface area contributed by atoms with Gasteiger partial charge in [0.05, 0.1) is 0 Å². The van der Waals surface area contributed by atoms with E-state index in [1.165, 1.54) is 11.1 Å². The fraction of sp³-hybridized carbons (Fsp3) is 0.174. The van der Waals surface area contributed by atoms with E-state index in [9.17, 15) is 0 Å². The van der Waals surface area contributed by atoms with Gasteiger partial charge >= 0.3 is 20.1 Å². The maximum absolute atomic E-state index is 4.40. The second-order valence-electron chi connectivity index (χ2n) is 6.44. The number of aryl methyl sites for hydroxylation is 3. The average molecular weight is 548 g/mol. The Labute approximate surface area is 181 Å². The molecule has 4 rings (SSSR count). The van der Waals surface area contributed by atoms with Crippen molar-refractivity contribution in [1.29, 1.82) is 0 Å². The summed E-state index contributed by atoms with van der Waals surface area (Å²) in [4.78, 5) is 12.7. The number of pyridine rings is 2. The first-order valence-electron chi connectivity index (χ1n) is 8.82. The topological polar surface area (TPSA) is 32.3 Å². The maximum Gasteiger partial charge on any atom is 3.00 e. The number of anilines is 1. The second-order valence-corrected chi connectivity index (χ2v) is 6.44. The third-order valence-electron chi connectivity index (χ3n) is 4.30. The first kappa shape index (κ1) is 21.8. The van der Waals surface area contributed by atoms with Crippen LogP contribution in [0.5, 0.6) is 0 Å². The minimum Gasteiger partial charge on any atom is -0.510 e. The zero-order chi connectivity index (χ0) is 19.2. The third-order valence-corrected chi connectivity index (χ3v) is 4.30. The fourth-order valence-corrected chi connectivity index (χ4v) is 2.60. The SMILES string of the molecule is CN1C=CN(c2[c-]cccc2)[CH-]1.Cc1cnc(-c2[c-]ccnc2C)cc1C.[Ir+3]. The summed E-state index contributed by atoms with van der Waals surface area (Å²) in [6.45, 7) is 8.13. The van der Waals surface area contributed by atoms with Gasteiger partial charge in [-0.2, -0.15) is 37.0 Å². The predicted octanol–water partition coefficient (Wildman–Crippen LogP) is 4.70. The van der Waals surface area contributed by atoms with Crippen molar-refractivity contribution in [2.45, 2.75) is 20.8 Å². The molecule has 3 heterocycles. The van der Waals surface area contributed by atoms with Crippen LogP contribution in [0.4, 0.5) is 5.69 Å². The molecule has 0 saturated heterocycles. The smallest absolute Gasteiger partial charge is 0.510 e. The molecule has 0 unspecified atom stereocenters. The molecule has 2 aromatic heterocycles. The molecule has 0 amide bonds. The van der Waals surface area contributed by atoms with Crippen molar-refractivity contribution >= 4 is 5.69 Å². The van der Waals surface area contributed by atoms with Crippen LogP contribution in [0.15, 0.2) is 61.2 Å². The van der Waals surface area contributed by atoms with E-state index in [0.29, 0.717) is 0 Å². The van der Waals surface area contributed by atoms with E-state index in [-0.39, 0.29) is 20.1 Å². The minimum atomic E-state index is 0. The van der Waals surface area contributed by atoms with Gasteiger partial charge in [-0.25, -0.2) is 0 Å². The Hall–Kier alpha value is -2.49. The number of hydrogen-bond acceptors (Lipinski definition) is 4. The minimum absolute atomic E-state index is 0. The van der Waals surface area contributed by atoms with Crippen LogP contribution in [-0.4, -0.2) is 21.9 Å². The van der Waals surface area contributed by atoms with Gasteiger partial charge in [0.2, 0.25) is 0 Å². The van der Waals surface area contributed by atoms with E-state index in [4.69, 9.17) is 0 Å². The molecule has 0 aliphatic carbocycles. The van der Waals surface area contributed by atoms with E-state index in [1.54, 1.807) is 6.20 Å². The number of aromatic nitrogens is 2. The summed E-state index contributed by atoms with van der Waals surface area (Å²) in [6, 6.07) is 18.1. The largest absolute Gasteiger partial charge is 3.00 e. The van der Waals surface area contributed by atoms with E-state index < -0.39 is 0 Å². The quantitative estimate of drug-likeness (QED) is 0.436. The molecule has 4 nitrogen and oxygen atoms in total. The summed E-state index contributed by atoms with van der Waals surface area (Å²) in [7, 11) is 2.00. The molecule has 28 heavy (non-hydrogen) atoms. The molecule has 5 heteroatoms. The monoisotopic (exact) mass is 548 g/mol. The Bertz CT molecular complexity index is 925. The van der Waals surface area contributed by atoms with Gasteiger partial charge in [0, 0.05) is 6.20 Å². The van der Waals surface area contributed by atoms with Gasteiger partial charge in [-0.05, 0) is 50.2 Å². The molecule has 0 spiro atoms. The van der Waals surface area contributed by atoms with Gasteiger partial charge in [-0.15, -0.1) is 23.4 Å². The van der Waals surface area contributed by atoms with Gasteiger partial charge < -0.3 is 19.8 Å². The standard InChI is InChI=1S/C13H13N2.C10H10N2.Ir/c1-9-7-13(15-8-10(9)2)12-5-4-6-14-11(12)3;1-11-7-8-12(9-11)10-5-3-2-4-6-10;/h4,6-8H,1-3H3;2-5,7-9H,1H3;/q-1;-2;+3. The molecule has 0 N–H and O–H groups in total. The number of hydrogen-bond donors (Lipinski definition) is 0. The third kappa shape index (κ3) is 5.51. The van der Waals surface area contributed by atoms with Crippen LogP contribution in [0.2, 0.25) is 0 Å². The fourth-order valence-electron chi connectivity index (χ4n) is 2.60. The van der Waals surface area contributed by atoms with Crippen LogP contribution in [0.3, 0.4) is 0 Å². The van der Waals surface area contributed by atoms with E-state index in [0.717, 1.165) is 22.6 Å². The molecule has 0 fully saturated rings. The summed E-state index contributed by atoms with van der Waals surface area (Å²) < 4.78 is 0. The first-order valence-corrected chi connectivity index (χ1v) is 8.82. The number of para-hydroxylation sites is 1. The van der Waals surface area contributed by atoms with E-state index >= 15 is 0 Å². The van der Waals surface area contributed by atoms with Gasteiger partial charge in [-0.1, -0.05) is 24.8 Å². The number of nitrogens with zero attached hydrogens (tertiary/aromatic N) is 4. The van der Waals surface area contributed by atoms with Crippen LogP contribution in [0.1, 0.15) is 16.8 Å². The maximum atomic E-state index is 4.40. The predicted molar refractivity (Wildman–Crippen MR) is 109 cm³/mol. The molecule has 0 saturated carbocycles. The molecule has 0 atom stereocenters. The van der Waals surface area contributed by atoms with Crippen LogP contribution in [-0.2, 0) is 20.1 Å². The molecule has 3 aromatic rings. The zero-order valence-electron chi connectivity index (χ0n) is 16.5. The zero-order valence-corrected chi connectivity index (χ0v) is 18.9. The molecule has 1 aromatic carbocycles. The summed E-state index contributed by atoms with van der Waals surface area (Å²) in [5.41, 5.74) is 6.42. The van der Waals surface area contributed by atoms with Crippen LogP contribution >= 0.6 is 0 Å². The Morgan fingerprint density at radius 1 is 0.964 bits per heavy atom. The van der Waals surface area contributed by atoms with Crippen LogP contribution in [0.25, 0.3) is 11.3 Å². The molecule has 1 aliphatic rings. The van der Waals surface area contributed by atoms with Crippen molar-refractivity contribution in [2.24, 2.45) is 0 Å². The number of rotatable bonds is 2. The van der Waals surface area contributed by atoms with Crippen molar-refractivity contribution in [3.8, 4) is 11.3 Å². The van der Waals surface area contributed by atoms with E-state index in [1.807, 2.05) is 79.4 Å². The van der Waals surface area contributed by atoms with E-state index in [2.05, 4.69) is 42.0 Å². The molecular formula is C23H23IrN4. The Kier molecular flexibility index (Phi) is 7.91. The molecule has 1 aliphatic heterocycles. The molecule has 0 radical (unpaired) electrons. The molecular weight excluding hydrogens is 524 g/mol. The average Bonchev–Trinajstić information content (AvgIpc) is 3.12. The normalized spacial score (nSPS) is 12.3. The molecule has 0 bridgehead atoms. The van der Waals surface area contributed by atoms with Gasteiger partial charge in [-0.3, -0.25) is 0 Å². The van der Waals surface area contributed by atoms with Gasteiger partial charge in [0.25, 0.3) is 0 Å². The van der Waals surface area contributed by atoms with Gasteiger partial charge in [0.15, 0.2) is 0 Å². The first-order chi connectivity index (χ1) is 13.0. The van der Waals surface area contributed by atoms with Crippen molar-refractivity contribution < 1.29 is 20.1 Å². The summed E-state index contributed by atoms with van der Waals surface area (Å²) >= 11 is 0. The molecule has 144 valence electrons. The van der Waals surface area contributed by atoms with Crippen molar-refractivity contribution in [2.75, 3.05) is 11.9 Å². The Morgan fingerprint density at radius 3 is 2.39 bits per heavy atom. The van der Waals surface area contributed by atoms with Gasteiger partial charge in [0.1, 0.15) is 0 Å². The summed E-state index contributed by atoms with van der Waals surface area (Å²) in [5, 5.41) is 0. The van der Waals surface area contributed by atoms with Crippen LogP contribution < -0.4 is 4.90 Å². The summed E-state index contributed by atoms with van der Waals surface area (Å²) in [5.74, 6) is 0. The Morgan fingerprint density at radius 2 is 1.79 bits per heavy atom. The number of benzene rings is 1. The summed E-state index contributed by atoms with van der Waals surface area (Å²) in [6.07, 6.45) is 7.65. The van der Waals surface area contributed by atoms with Crippen molar-refractivity contribution in [3.05, 3.63) is 96.8 Å². The van der Waals surface area contributed by atoms with Crippen LogP contribution in [0, 0.1) is 39.6 Å². The van der Waals surface area contributed by atoms with Crippen molar-refractivity contribution in [1.82, 2.24) is 14.9 Å². The Balaban J connectivity index is 0.000000198.